The molecule has 0 aliphatic carbocycles. The minimum Gasteiger partial charge on any atom is -0.359 e. The Labute approximate surface area is 58.4 Å². The summed E-state index contributed by atoms with van der Waals surface area (Å²) in [7, 11) is 2.79. The lowest BCUT2D eigenvalue weighted by atomic mass is 10.8. The van der Waals surface area contributed by atoms with Crippen LogP contribution in [0.3, 0.4) is 0 Å². The summed E-state index contributed by atoms with van der Waals surface area (Å²) in [4.78, 5) is 0. The van der Waals surface area contributed by atoms with E-state index >= 15 is 0 Å². The maximum Gasteiger partial charge on any atom is 0.172 e. The Morgan fingerprint density at radius 3 is 2.22 bits per heavy atom. The highest BCUT2D eigenvalue weighted by Gasteiger charge is 2.00. The molecule has 0 radical (unpaired) electrons. The molecule has 2 nitrogen and oxygen atoms in total. The minimum absolute atomic E-state index is 0.0301. The van der Waals surface area contributed by atoms with Gasteiger partial charge in [-0.2, -0.15) is 0 Å². The van der Waals surface area contributed by atoms with Crippen molar-refractivity contribution in [3.8, 4) is 11.5 Å². The highest BCUT2D eigenvalue weighted by molar-refractivity contribution is 6.47. The van der Waals surface area contributed by atoms with Crippen LogP contribution in [0.5, 0.6) is 0 Å². The third kappa shape index (κ3) is 4.22. The third-order valence-corrected chi connectivity index (χ3v) is 2.53. The van der Waals surface area contributed by atoms with Gasteiger partial charge >= 0.3 is 0 Å². The molecule has 0 rings (SSSR count). The maximum atomic E-state index is 4.94. The summed E-state index contributed by atoms with van der Waals surface area (Å²) in [5.74, 6) is 2.79. The van der Waals surface area contributed by atoms with E-state index in [1.807, 2.05) is 6.92 Å². The topological polar surface area (TPSA) is 18.5 Å². The van der Waals surface area contributed by atoms with Crippen LogP contribution in [0.4, 0.5) is 0 Å². The van der Waals surface area contributed by atoms with E-state index in [1.54, 1.807) is 14.2 Å². The van der Waals surface area contributed by atoms with Crippen molar-refractivity contribution in [2.24, 2.45) is 0 Å². The summed E-state index contributed by atoms with van der Waals surface area (Å²) in [6.45, 7) is 1.83. The van der Waals surface area contributed by atoms with E-state index in [9.17, 15) is 0 Å². The highest BCUT2D eigenvalue weighted by atomic mass is 28.2. The van der Waals surface area contributed by atoms with Gasteiger partial charge in [-0.1, -0.05) is 0 Å². The van der Waals surface area contributed by atoms with Crippen LogP contribution in [0, 0.1) is 11.5 Å². The second-order valence-corrected chi connectivity index (χ2v) is 2.96. The molecule has 0 amide bonds. The number of rotatable bonds is 3. The van der Waals surface area contributed by atoms with E-state index in [2.05, 4.69) is 11.5 Å². The Morgan fingerprint density at radius 1 is 1.33 bits per heavy atom. The Kier molecular flexibility index (Phi) is 5.63. The molecule has 3 heteroatoms. The van der Waals surface area contributed by atoms with Gasteiger partial charge in [0.25, 0.3) is 0 Å². The summed E-state index contributed by atoms with van der Waals surface area (Å²) in [5, 5.41) is 0. The smallest absolute Gasteiger partial charge is 0.172 e. The third-order valence-electron chi connectivity index (χ3n) is 0.971. The molecule has 0 spiro atoms. The molecule has 0 aromatic rings. The molecule has 0 saturated heterocycles. The zero-order valence-corrected chi connectivity index (χ0v) is 7.52. The molecule has 0 atom stereocenters. The van der Waals surface area contributed by atoms with Crippen LogP contribution < -0.4 is 0 Å². The lowest BCUT2D eigenvalue weighted by Gasteiger charge is -2.07. The molecule has 0 N–H and O–H groups in total. The van der Waals surface area contributed by atoms with Crippen molar-refractivity contribution in [3.63, 3.8) is 0 Å². The SMILES string of the molecule is CC#C[SiH2]C(OC)OC. The van der Waals surface area contributed by atoms with E-state index in [0.717, 1.165) is 0 Å². The van der Waals surface area contributed by atoms with Crippen LogP contribution in [-0.4, -0.2) is 29.7 Å². The first-order chi connectivity index (χ1) is 4.35. The molecule has 0 aromatic carbocycles. The minimum atomic E-state index is -0.480. The fourth-order valence-corrected chi connectivity index (χ4v) is 1.15. The van der Waals surface area contributed by atoms with E-state index in [0.29, 0.717) is 0 Å². The highest BCUT2D eigenvalue weighted by Crippen LogP contribution is 1.84. The lowest BCUT2D eigenvalue weighted by molar-refractivity contribution is -0.0428. The monoisotopic (exact) mass is 144 g/mol. The van der Waals surface area contributed by atoms with Gasteiger partial charge in [0.15, 0.2) is 9.52 Å². The lowest BCUT2D eigenvalue weighted by Crippen LogP contribution is -2.19. The average Bonchev–Trinajstić information content (AvgIpc) is 1.91. The van der Waals surface area contributed by atoms with Gasteiger partial charge in [-0.05, 0) is 6.92 Å². The summed E-state index contributed by atoms with van der Waals surface area (Å²) in [6.07, 6.45) is 0. The van der Waals surface area contributed by atoms with Gasteiger partial charge in [0, 0.05) is 14.2 Å². The normalized spacial score (nSPS) is 10.2. The van der Waals surface area contributed by atoms with Gasteiger partial charge in [-0.15, -0.1) is 11.5 Å². The summed E-state index contributed by atoms with van der Waals surface area (Å²) in [6, 6.07) is 0. The van der Waals surface area contributed by atoms with Crippen molar-refractivity contribution < 1.29 is 9.47 Å². The van der Waals surface area contributed by atoms with Crippen LogP contribution >= 0.6 is 0 Å². The number of hydrogen-bond donors (Lipinski definition) is 0. The van der Waals surface area contributed by atoms with Crippen LogP contribution in [0.1, 0.15) is 6.92 Å². The van der Waals surface area contributed by atoms with E-state index in [1.165, 1.54) is 0 Å². The van der Waals surface area contributed by atoms with Crippen molar-refractivity contribution in [1.82, 2.24) is 0 Å². The fourth-order valence-electron chi connectivity index (χ4n) is 0.448. The molecule has 0 unspecified atom stereocenters. The average molecular weight is 144 g/mol. The first-order valence-corrected chi connectivity index (χ1v) is 4.32. The molecular formula is C6H12O2Si. The van der Waals surface area contributed by atoms with Crippen LogP contribution in [0.2, 0.25) is 0 Å². The molecule has 0 aliphatic heterocycles. The molecule has 52 valence electrons. The van der Waals surface area contributed by atoms with Gasteiger partial charge in [0.1, 0.15) is 5.91 Å². The Hall–Kier alpha value is -0.303. The van der Waals surface area contributed by atoms with Crippen molar-refractivity contribution >= 4 is 9.52 Å². The molecule has 0 heterocycles. The first kappa shape index (κ1) is 8.70. The summed E-state index contributed by atoms with van der Waals surface area (Å²) in [5.41, 5.74) is 2.99. The van der Waals surface area contributed by atoms with Gasteiger partial charge < -0.3 is 9.47 Å². The Balaban J connectivity index is 3.39. The van der Waals surface area contributed by atoms with Crippen molar-refractivity contribution in [1.29, 1.82) is 0 Å². The Bertz CT molecular complexity index is 110. The van der Waals surface area contributed by atoms with Crippen LogP contribution in [-0.2, 0) is 9.47 Å². The number of methoxy groups -OCH3 is 2. The standard InChI is InChI=1S/C6H12O2Si/c1-4-5-9-6(7-2)8-3/h6H,9H2,1-3H3. The zero-order valence-electron chi connectivity index (χ0n) is 6.10. The predicted molar refractivity (Wildman–Crippen MR) is 39.8 cm³/mol. The fraction of sp³-hybridized carbons (Fsp3) is 0.667. The van der Waals surface area contributed by atoms with E-state index in [-0.39, 0.29) is 5.91 Å². The quantitative estimate of drug-likeness (QED) is 0.308. The molecule has 0 aliphatic rings. The van der Waals surface area contributed by atoms with Crippen LogP contribution in [0.25, 0.3) is 0 Å². The summed E-state index contributed by atoms with van der Waals surface area (Å²) < 4.78 is 9.88. The van der Waals surface area contributed by atoms with Gasteiger partial charge in [0.2, 0.25) is 0 Å². The molecular weight excluding hydrogens is 132 g/mol. The Morgan fingerprint density at radius 2 is 1.89 bits per heavy atom. The number of ether oxygens (including phenoxy) is 2. The molecule has 0 saturated carbocycles. The van der Waals surface area contributed by atoms with E-state index < -0.39 is 9.52 Å². The molecule has 0 aromatic heterocycles. The van der Waals surface area contributed by atoms with Crippen LogP contribution in [0.15, 0.2) is 0 Å². The zero-order chi connectivity index (χ0) is 7.11. The molecule has 9 heavy (non-hydrogen) atoms. The second kappa shape index (κ2) is 5.83. The van der Waals surface area contributed by atoms with Gasteiger partial charge in [-0.25, -0.2) is 0 Å². The predicted octanol–water partition coefficient (Wildman–Crippen LogP) is -0.288. The number of hydrogen-bond acceptors (Lipinski definition) is 2. The van der Waals surface area contributed by atoms with Gasteiger partial charge in [-0.3, -0.25) is 0 Å². The second-order valence-electron chi connectivity index (χ2n) is 1.53. The van der Waals surface area contributed by atoms with Crippen molar-refractivity contribution in [2.75, 3.05) is 14.2 Å². The maximum absolute atomic E-state index is 4.94. The van der Waals surface area contributed by atoms with Crippen molar-refractivity contribution in [3.05, 3.63) is 0 Å². The first-order valence-electron chi connectivity index (χ1n) is 2.80. The van der Waals surface area contributed by atoms with Gasteiger partial charge in [0.05, 0.1) is 0 Å². The van der Waals surface area contributed by atoms with Crippen molar-refractivity contribution in [2.45, 2.75) is 12.8 Å². The molecule has 0 fully saturated rings. The summed E-state index contributed by atoms with van der Waals surface area (Å²) >= 11 is 0. The van der Waals surface area contributed by atoms with E-state index in [4.69, 9.17) is 9.47 Å². The molecule has 0 bridgehead atoms. The largest absolute Gasteiger partial charge is 0.359 e.